The zero-order valence-corrected chi connectivity index (χ0v) is 21.7. The molecule has 0 atom stereocenters. The number of rotatable bonds is 7. The van der Waals surface area contributed by atoms with Crippen LogP contribution in [0.15, 0.2) is 85.1 Å². The van der Waals surface area contributed by atoms with Crippen LogP contribution in [0, 0.1) is 19.7 Å². The third-order valence-corrected chi connectivity index (χ3v) is 6.50. The zero-order valence-electron chi connectivity index (χ0n) is 21.7. The lowest BCUT2D eigenvalue weighted by Crippen LogP contribution is -2.08. The van der Waals surface area contributed by atoms with Gasteiger partial charge in [-0.3, -0.25) is 4.57 Å². The molecule has 0 saturated carbocycles. The summed E-state index contributed by atoms with van der Waals surface area (Å²) in [7, 11) is 1.89. The maximum absolute atomic E-state index is 13.5. The van der Waals surface area contributed by atoms with Crippen molar-refractivity contribution in [1.82, 2.24) is 39.3 Å². The van der Waals surface area contributed by atoms with Crippen LogP contribution < -0.4 is 4.74 Å². The molecule has 0 unspecified atom stereocenters. The van der Waals surface area contributed by atoms with Crippen molar-refractivity contribution in [2.24, 2.45) is 7.05 Å². The Morgan fingerprint density at radius 1 is 0.821 bits per heavy atom. The molecule has 0 N–H and O–H groups in total. The molecule has 3 heterocycles. The second-order valence-corrected chi connectivity index (χ2v) is 9.10. The van der Waals surface area contributed by atoms with Gasteiger partial charge in [0.1, 0.15) is 18.2 Å². The summed E-state index contributed by atoms with van der Waals surface area (Å²) in [5.74, 6) is 2.67. The quantitative estimate of drug-likeness (QED) is 0.286. The van der Waals surface area contributed by atoms with E-state index in [-0.39, 0.29) is 12.4 Å². The van der Waals surface area contributed by atoms with Crippen molar-refractivity contribution in [2.75, 3.05) is 0 Å². The van der Waals surface area contributed by atoms with E-state index in [1.807, 2.05) is 80.1 Å². The van der Waals surface area contributed by atoms with E-state index in [0.29, 0.717) is 23.4 Å². The summed E-state index contributed by atoms with van der Waals surface area (Å²) in [4.78, 5) is 4.84. The molecule has 9 nitrogen and oxygen atoms in total. The van der Waals surface area contributed by atoms with Gasteiger partial charge < -0.3 is 4.74 Å². The second kappa shape index (κ2) is 9.97. The Bertz CT molecular complexity index is 1750. The summed E-state index contributed by atoms with van der Waals surface area (Å²) < 4.78 is 24.8. The van der Waals surface area contributed by atoms with Crippen LogP contribution in [0.1, 0.15) is 17.1 Å². The third-order valence-electron chi connectivity index (χ3n) is 6.50. The standard InChI is InChI=1S/C29H25FN8O/c1-19-9-7-8-12-25(19)39-18-26-32-28(24-17-31-37(20(24)2)23-15-13-22(30)14-16-23)38(35-26)29-34-33-27(36(29)3)21-10-5-4-6-11-21/h4-17H,18H2,1-3H3. The summed E-state index contributed by atoms with van der Waals surface area (Å²) in [6.45, 7) is 4.09. The van der Waals surface area contributed by atoms with Crippen molar-refractivity contribution in [3.63, 3.8) is 0 Å². The number of hydrogen-bond donors (Lipinski definition) is 0. The molecule has 194 valence electrons. The van der Waals surface area contributed by atoms with Crippen molar-refractivity contribution in [3.05, 3.63) is 108 Å². The molecule has 0 saturated heterocycles. The number of hydrogen-bond acceptors (Lipinski definition) is 6. The van der Waals surface area contributed by atoms with Gasteiger partial charge >= 0.3 is 0 Å². The van der Waals surface area contributed by atoms with E-state index in [4.69, 9.17) is 14.8 Å². The van der Waals surface area contributed by atoms with Gasteiger partial charge in [0.15, 0.2) is 17.5 Å². The average Bonchev–Trinajstić information content (AvgIpc) is 3.65. The lowest BCUT2D eigenvalue weighted by atomic mass is 10.2. The van der Waals surface area contributed by atoms with Crippen LogP contribution in [-0.2, 0) is 13.7 Å². The lowest BCUT2D eigenvalue weighted by Gasteiger charge is -2.07. The largest absolute Gasteiger partial charge is 0.485 e. The third kappa shape index (κ3) is 4.56. The Hall–Kier alpha value is -5.12. The summed E-state index contributed by atoms with van der Waals surface area (Å²) >= 11 is 0. The fourth-order valence-corrected chi connectivity index (χ4v) is 4.41. The van der Waals surface area contributed by atoms with Crippen LogP contribution in [0.25, 0.3) is 34.4 Å². The van der Waals surface area contributed by atoms with E-state index >= 15 is 0 Å². The van der Waals surface area contributed by atoms with Gasteiger partial charge in [0.2, 0.25) is 0 Å². The molecule has 0 amide bonds. The average molecular weight is 521 g/mol. The predicted molar refractivity (Wildman–Crippen MR) is 144 cm³/mol. The van der Waals surface area contributed by atoms with Crippen LogP contribution in [0.2, 0.25) is 0 Å². The van der Waals surface area contributed by atoms with Crippen molar-refractivity contribution in [3.8, 4) is 40.2 Å². The van der Waals surface area contributed by atoms with Gasteiger partial charge in [-0.2, -0.15) is 9.78 Å². The highest BCUT2D eigenvalue weighted by atomic mass is 19.1. The van der Waals surface area contributed by atoms with E-state index in [1.54, 1.807) is 27.7 Å². The first-order valence-electron chi connectivity index (χ1n) is 12.4. The molecule has 0 radical (unpaired) electrons. The summed E-state index contributed by atoms with van der Waals surface area (Å²) in [5.41, 5.74) is 4.25. The maximum Gasteiger partial charge on any atom is 0.254 e. The smallest absolute Gasteiger partial charge is 0.254 e. The van der Waals surface area contributed by atoms with Crippen LogP contribution in [0.5, 0.6) is 5.75 Å². The van der Waals surface area contributed by atoms with E-state index < -0.39 is 0 Å². The number of aromatic nitrogens is 8. The minimum absolute atomic E-state index is 0.166. The normalized spacial score (nSPS) is 11.2. The molecule has 0 spiro atoms. The summed E-state index contributed by atoms with van der Waals surface area (Å²) in [6, 6.07) is 23.8. The van der Waals surface area contributed by atoms with Gasteiger partial charge in [-0.25, -0.2) is 14.1 Å². The minimum Gasteiger partial charge on any atom is -0.485 e. The monoisotopic (exact) mass is 520 g/mol. The molecule has 39 heavy (non-hydrogen) atoms. The van der Waals surface area contributed by atoms with Crippen molar-refractivity contribution >= 4 is 0 Å². The molecule has 3 aromatic heterocycles. The maximum atomic E-state index is 13.5. The zero-order chi connectivity index (χ0) is 26.9. The van der Waals surface area contributed by atoms with Crippen molar-refractivity contribution in [1.29, 1.82) is 0 Å². The molecule has 6 aromatic rings. The van der Waals surface area contributed by atoms with E-state index in [2.05, 4.69) is 15.3 Å². The Labute approximate surface area is 224 Å². The van der Waals surface area contributed by atoms with Crippen molar-refractivity contribution in [2.45, 2.75) is 20.5 Å². The van der Waals surface area contributed by atoms with Gasteiger partial charge in [0.25, 0.3) is 5.95 Å². The molecule has 10 heteroatoms. The van der Waals surface area contributed by atoms with E-state index in [1.165, 1.54) is 12.1 Å². The molecule has 3 aromatic carbocycles. The predicted octanol–water partition coefficient (Wildman–Crippen LogP) is 5.25. The SMILES string of the molecule is Cc1ccccc1OCc1nc(-c2cnn(-c3ccc(F)cc3)c2C)n(-c2nnc(-c3ccccc3)n2C)n1. The van der Waals surface area contributed by atoms with Crippen LogP contribution in [-0.4, -0.2) is 39.3 Å². The first-order valence-corrected chi connectivity index (χ1v) is 12.4. The fourth-order valence-electron chi connectivity index (χ4n) is 4.41. The van der Waals surface area contributed by atoms with Crippen molar-refractivity contribution < 1.29 is 9.13 Å². The summed E-state index contributed by atoms with van der Waals surface area (Å²) in [5, 5.41) is 18.2. The van der Waals surface area contributed by atoms with E-state index in [0.717, 1.165) is 33.8 Å². The first-order chi connectivity index (χ1) is 19.0. The number of halogens is 1. The molecular weight excluding hydrogens is 495 g/mol. The molecule has 0 bridgehead atoms. The first kappa shape index (κ1) is 24.2. The summed E-state index contributed by atoms with van der Waals surface area (Å²) in [6.07, 6.45) is 1.72. The van der Waals surface area contributed by atoms with E-state index in [9.17, 15) is 4.39 Å². The fraction of sp³-hybridized carbons (Fsp3) is 0.138. The lowest BCUT2D eigenvalue weighted by molar-refractivity contribution is 0.294. The van der Waals surface area contributed by atoms with Gasteiger partial charge in [-0.15, -0.1) is 15.3 Å². The van der Waals surface area contributed by atoms with Gasteiger partial charge in [-0.1, -0.05) is 48.5 Å². The molecule has 6 rings (SSSR count). The molecular formula is C29H25FN8O. The highest BCUT2D eigenvalue weighted by molar-refractivity contribution is 5.61. The Morgan fingerprint density at radius 2 is 1.56 bits per heavy atom. The number of benzene rings is 3. The van der Waals surface area contributed by atoms with Crippen LogP contribution in [0.4, 0.5) is 4.39 Å². The minimum atomic E-state index is -0.307. The topological polar surface area (TPSA) is 88.5 Å². The number of aryl methyl sites for hydroxylation is 1. The molecule has 0 aliphatic carbocycles. The highest BCUT2D eigenvalue weighted by Crippen LogP contribution is 2.28. The Balaban J connectivity index is 1.43. The Kier molecular flexibility index (Phi) is 6.20. The van der Waals surface area contributed by atoms with Crippen LogP contribution >= 0.6 is 0 Å². The molecule has 0 aliphatic heterocycles. The van der Waals surface area contributed by atoms with Crippen LogP contribution in [0.3, 0.4) is 0 Å². The van der Waals surface area contributed by atoms with Gasteiger partial charge in [0.05, 0.1) is 23.1 Å². The Morgan fingerprint density at radius 3 is 2.33 bits per heavy atom. The second-order valence-electron chi connectivity index (χ2n) is 9.10. The molecule has 0 aliphatic rings. The highest BCUT2D eigenvalue weighted by Gasteiger charge is 2.23. The number of nitrogens with zero attached hydrogens (tertiary/aromatic N) is 8. The number of para-hydroxylation sites is 1. The number of ether oxygens (including phenoxy) is 1. The van der Waals surface area contributed by atoms with Gasteiger partial charge in [-0.05, 0) is 49.7 Å². The molecule has 0 fully saturated rings. The van der Waals surface area contributed by atoms with Gasteiger partial charge in [0, 0.05) is 12.6 Å².